The number of amides is 1. The first-order chi connectivity index (χ1) is 15.4. The number of alkyl halides is 3. The van der Waals surface area contributed by atoms with Crippen molar-refractivity contribution in [2.45, 2.75) is 37.2 Å². The molecule has 1 aliphatic rings. The number of hydrogen-bond donors (Lipinski definition) is 0. The second-order valence-corrected chi connectivity index (χ2v) is 9.79. The predicted molar refractivity (Wildman–Crippen MR) is 113 cm³/mol. The number of benzene rings is 2. The molecule has 33 heavy (non-hydrogen) atoms. The van der Waals surface area contributed by atoms with Crippen molar-refractivity contribution in [3.63, 3.8) is 0 Å². The Labute approximate surface area is 188 Å². The molecular weight excluding hydrogens is 459 g/mol. The van der Waals surface area contributed by atoms with E-state index < -0.39 is 28.0 Å². The summed E-state index contributed by atoms with van der Waals surface area (Å²) in [5.41, 5.74) is 2.03. The summed E-state index contributed by atoms with van der Waals surface area (Å²) < 4.78 is 69.7. The maximum Gasteiger partial charge on any atom is 0.425 e. The van der Waals surface area contributed by atoms with Gasteiger partial charge in [-0.15, -0.1) is 0 Å². The van der Waals surface area contributed by atoms with Gasteiger partial charge in [0.25, 0.3) is 5.91 Å². The second-order valence-electron chi connectivity index (χ2n) is 7.77. The van der Waals surface area contributed by atoms with E-state index in [2.05, 4.69) is 5.10 Å². The van der Waals surface area contributed by atoms with Crippen molar-refractivity contribution in [3.8, 4) is 11.4 Å². The van der Waals surface area contributed by atoms with Gasteiger partial charge in [-0.3, -0.25) is 4.79 Å². The maximum absolute atomic E-state index is 13.2. The molecule has 0 N–H and O–H groups in total. The summed E-state index contributed by atoms with van der Waals surface area (Å²) in [6, 6.07) is 12.6. The summed E-state index contributed by atoms with van der Waals surface area (Å²) in [6.45, 7) is 1.13. The van der Waals surface area contributed by atoms with E-state index >= 15 is 0 Å². The number of carbonyl (C=O) groups excluding carboxylic acids is 1. The number of para-hydroxylation sites is 1. The molecule has 0 fully saturated rings. The van der Waals surface area contributed by atoms with Crippen molar-refractivity contribution in [1.29, 1.82) is 0 Å². The Bertz CT molecular complexity index is 1280. The molecule has 1 aromatic heterocycles. The summed E-state index contributed by atoms with van der Waals surface area (Å²) >= 11 is 0. The molecule has 1 atom stereocenters. The van der Waals surface area contributed by atoms with Crippen LogP contribution in [-0.2, 0) is 22.9 Å². The molecule has 2 aromatic carbocycles. The van der Waals surface area contributed by atoms with Gasteiger partial charge in [0.15, 0.2) is 15.9 Å². The first kappa shape index (κ1) is 22.8. The molecule has 0 saturated heterocycles. The van der Waals surface area contributed by atoms with Crippen molar-refractivity contribution in [2.24, 2.45) is 0 Å². The van der Waals surface area contributed by atoms with Gasteiger partial charge < -0.3 is 9.64 Å². The number of ether oxygens (including phenoxy) is 1. The molecule has 7 nitrogen and oxygen atoms in total. The first-order valence-corrected chi connectivity index (χ1v) is 11.8. The number of aromatic nitrogens is 2. The minimum absolute atomic E-state index is 0.130. The van der Waals surface area contributed by atoms with Crippen molar-refractivity contribution in [2.75, 3.05) is 6.26 Å². The highest BCUT2D eigenvalue weighted by molar-refractivity contribution is 7.90. The topological polar surface area (TPSA) is 81.5 Å². The number of rotatable bonds is 5. The van der Waals surface area contributed by atoms with E-state index in [9.17, 15) is 26.4 Å². The van der Waals surface area contributed by atoms with Crippen LogP contribution >= 0.6 is 0 Å². The van der Waals surface area contributed by atoms with Gasteiger partial charge in [0.1, 0.15) is 5.75 Å². The van der Waals surface area contributed by atoms with Gasteiger partial charge in [-0.2, -0.15) is 18.3 Å². The van der Waals surface area contributed by atoms with Crippen LogP contribution < -0.4 is 4.74 Å². The Kier molecular flexibility index (Phi) is 5.69. The number of halogens is 3. The Morgan fingerprint density at radius 3 is 2.42 bits per heavy atom. The van der Waals surface area contributed by atoms with Gasteiger partial charge in [0.05, 0.1) is 28.4 Å². The number of nitrogens with zero attached hydrogens (tertiary/aromatic N) is 3. The fourth-order valence-electron chi connectivity index (χ4n) is 3.45. The SMILES string of the molecule is CC(Oc1ccc(S(C)(=O)=O)cc1C(=O)N1Cc2cn(-c3ccccc3)nc2C1)C(F)(F)F. The highest BCUT2D eigenvalue weighted by Crippen LogP contribution is 2.32. The normalized spacial score (nSPS) is 14.8. The lowest BCUT2D eigenvalue weighted by Gasteiger charge is -2.22. The van der Waals surface area contributed by atoms with Gasteiger partial charge in [-0.1, -0.05) is 18.2 Å². The lowest BCUT2D eigenvalue weighted by molar-refractivity contribution is -0.189. The minimum atomic E-state index is -4.65. The lowest BCUT2D eigenvalue weighted by atomic mass is 10.1. The van der Waals surface area contributed by atoms with Crippen LogP contribution in [0.2, 0.25) is 0 Å². The molecule has 3 aromatic rings. The van der Waals surface area contributed by atoms with E-state index in [1.165, 1.54) is 4.90 Å². The Balaban J connectivity index is 1.62. The monoisotopic (exact) mass is 479 g/mol. The van der Waals surface area contributed by atoms with Gasteiger partial charge in [0, 0.05) is 24.6 Å². The van der Waals surface area contributed by atoms with E-state index in [1.807, 2.05) is 30.3 Å². The fourth-order valence-corrected chi connectivity index (χ4v) is 4.09. The van der Waals surface area contributed by atoms with E-state index in [0.29, 0.717) is 5.69 Å². The summed E-state index contributed by atoms with van der Waals surface area (Å²) in [7, 11) is -3.70. The van der Waals surface area contributed by atoms with Gasteiger partial charge in [-0.05, 0) is 37.3 Å². The summed E-state index contributed by atoms with van der Waals surface area (Å²) in [4.78, 5) is 14.4. The minimum Gasteiger partial charge on any atom is -0.480 e. The molecule has 11 heteroatoms. The van der Waals surface area contributed by atoms with Crippen LogP contribution in [-0.4, -0.2) is 47.5 Å². The molecule has 0 bridgehead atoms. The van der Waals surface area contributed by atoms with Gasteiger partial charge in [-0.25, -0.2) is 13.1 Å². The van der Waals surface area contributed by atoms with Crippen molar-refractivity contribution >= 4 is 15.7 Å². The zero-order valence-electron chi connectivity index (χ0n) is 17.7. The number of carbonyl (C=O) groups is 1. The van der Waals surface area contributed by atoms with Crippen molar-refractivity contribution in [1.82, 2.24) is 14.7 Å². The molecule has 1 amide bonds. The third kappa shape index (κ3) is 4.72. The Morgan fingerprint density at radius 1 is 1.12 bits per heavy atom. The van der Waals surface area contributed by atoms with E-state index in [1.54, 1.807) is 10.9 Å². The van der Waals surface area contributed by atoms with Crippen LogP contribution in [0.1, 0.15) is 28.5 Å². The fraction of sp³-hybridized carbons (Fsp3) is 0.273. The van der Waals surface area contributed by atoms with Gasteiger partial charge >= 0.3 is 6.18 Å². The molecule has 1 unspecified atom stereocenters. The third-order valence-electron chi connectivity index (χ3n) is 5.26. The average molecular weight is 479 g/mol. The van der Waals surface area contributed by atoms with E-state index in [-0.39, 0.29) is 29.3 Å². The maximum atomic E-state index is 13.2. The predicted octanol–water partition coefficient (Wildman–Crippen LogP) is 3.76. The van der Waals surface area contributed by atoms with Crippen LogP contribution in [0.4, 0.5) is 13.2 Å². The molecule has 2 heterocycles. The van der Waals surface area contributed by atoms with E-state index in [0.717, 1.165) is 42.6 Å². The lowest BCUT2D eigenvalue weighted by Crippen LogP contribution is -2.33. The highest BCUT2D eigenvalue weighted by Gasteiger charge is 2.39. The van der Waals surface area contributed by atoms with Crippen LogP contribution in [0.15, 0.2) is 59.6 Å². The zero-order chi connectivity index (χ0) is 24.0. The molecule has 0 spiro atoms. The smallest absolute Gasteiger partial charge is 0.425 e. The Hall–Kier alpha value is -3.34. The third-order valence-corrected chi connectivity index (χ3v) is 6.37. The summed E-state index contributed by atoms with van der Waals surface area (Å²) in [5, 5.41) is 4.49. The van der Waals surface area contributed by atoms with Crippen molar-refractivity contribution in [3.05, 3.63) is 71.5 Å². The standard InChI is InChI=1S/C22H20F3N3O4S/c1-14(22(23,24)25)32-20-9-8-17(33(2,30)31)10-18(20)21(29)27-11-15-12-28(26-19(15)13-27)16-6-4-3-5-7-16/h3-10,12,14H,11,13H2,1-2H3. The zero-order valence-corrected chi connectivity index (χ0v) is 18.5. The van der Waals surface area contributed by atoms with E-state index in [4.69, 9.17) is 4.74 Å². The van der Waals surface area contributed by atoms with Crippen molar-refractivity contribution < 1.29 is 31.1 Å². The summed E-state index contributed by atoms with van der Waals surface area (Å²) in [6.07, 6.45) is -4.10. The number of fused-ring (bicyclic) bond motifs is 1. The second kappa shape index (κ2) is 8.22. The van der Waals surface area contributed by atoms with Crippen LogP contribution in [0.25, 0.3) is 5.69 Å². The van der Waals surface area contributed by atoms with Crippen LogP contribution in [0, 0.1) is 0 Å². The average Bonchev–Trinajstić information content (AvgIpc) is 3.32. The van der Waals surface area contributed by atoms with Crippen LogP contribution in [0.3, 0.4) is 0 Å². The molecule has 0 radical (unpaired) electrons. The first-order valence-electron chi connectivity index (χ1n) is 9.93. The quantitative estimate of drug-likeness (QED) is 0.557. The highest BCUT2D eigenvalue weighted by atomic mass is 32.2. The number of sulfone groups is 1. The molecule has 0 aliphatic carbocycles. The molecule has 1 aliphatic heterocycles. The molecular formula is C22H20F3N3O4S. The van der Waals surface area contributed by atoms with Gasteiger partial charge in [0.2, 0.25) is 0 Å². The largest absolute Gasteiger partial charge is 0.480 e. The van der Waals surface area contributed by atoms with Crippen LogP contribution in [0.5, 0.6) is 5.75 Å². The summed E-state index contributed by atoms with van der Waals surface area (Å²) in [5.74, 6) is -0.981. The molecule has 0 saturated carbocycles. The molecule has 4 rings (SSSR count). The Morgan fingerprint density at radius 2 is 1.82 bits per heavy atom. The number of hydrogen-bond acceptors (Lipinski definition) is 5. The molecule has 174 valence electrons.